The molecule has 122 valence electrons. The Morgan fingerprint density at radius 1 is 1.00 bits per heavy atom. The van der Waals surface area contributed by atoms with Gasteiger partial charge in [-0.1, -0.05) is 43.2 Å². The quantitative estimate of drug-likeness (QED) is 0.858. The van der Waals surface area contributed by atoms with E-state index in [0.29, 0.717) is 17.9 Å². The Kier molecular flexibility index (Phi) is 4.66. The summed E-state index contributed by atoms with van der Waals surface area (Å²) in [5.74, 6) is 1.03. The monoisotopic (exact) mass is 331 g/mol. The van der Waals surface area contributed by atoms with Gasteiger partial charge in [-0.15, -0.1) is 0 Å². The summed E-state index contributed by atoms with van der Waals surface area (Å²) in [5, 5.41) is 6.92. The predicted octanol–water partition coefficient (Wildman–Crippen LogP) is 4.23. The molecule has 3 rings (SSSR count). The van der Waals surface area contributed by atoms with Crippen LogP contribution in [0.2, 0.25) is 5.28 Å². The second-order valence-corrected chi connectivity index (χ2v) is 6.83. The molecule has 2 aromatic rings. The summed E-state index contributed by atoms with van der Waals surface area (Å²) in [6.07, 6.45) is 4.81. The third kappa shape index (κ3) is 4.10. The van der Waals surface area contributed by atoms with Crippen LogP contribution in [-0.4, -0.2) is 21.0 Å². The third-order valence-electron chi connectivity index (χ3n) is 4.22. The zero-order chi connectivity index (χ0) is 16.3. The van der Waals surface area contributed by atoms with E-state index in [2.05, 4.69) is 51.6 Å². The van der Waals surface area contributed by atoms with E-state index >= 15 is 0 Å². The number of halogens is 1. The standard InChI is InChI=1S/C17H22ClN5/c1-17(2,12-8-4-3-5-9-12)23-16-21-14(18)20-15(22-16)19-13-10-6-7-11-13/h3-5,8-9,13H,6-7,10-11H2,1-2H3,(H2,19,20,21,22,23). The fraction of sp³-hybridized carbons (Fsp3) is 0.471. The van der Waals surface area contributed by atoms with Gasteiger partial charge in [0.15, 0.2) is 0 Å². The maximum Gasteiger partial charge on any atom is 0.229 e. The smallest absolute Gasteiger partial charge is 0.229 e. The average Bonchev–Trinajstić information content (AvgIpc) is 3.00. The third-order valence-corrected chi connectivity index (χ3v) is 4.39. The van der Waals surface area contributed by atoms with Gasteiger partial charge in [0.2, 0.25) is 17.2 Å². The Hall–Kier alpha value is -1.88. The fourth-order valence-corrected chi connectivity index (χ4v) is 3.09. The topological polar surface area (TPSA) is 62.7 Å². The number of hydrogen-bond donors (Lipinski definition) is 2. The molecule has 0 atom stereocenters. The van der Waals surface area contributed by atoms with Crippen molar-refractivity contribution in [3.05, 3.63) is 41.2 Å². The van der Waals surface area contributed by atoms with Crippen molar-refractivity contribution in [3.63, 3.8) is 0 Å². The predicted molar refractivity (Wildman–Crippen MR) is 93.8 cm³/mol. The number of nitrogens with one attached hydrogen (secondary N) is 2. The van der Waals surface area contributed by atoms with Gasteiger partial charge in [-0.25, -0.2) is 0 Å². The van der Waals surface area contributed by atoms with Crippen molar-refractivity contribution in [2.24, 2.45) is 0 Å². The first-order chi connectivity index (χ1) is 11.0. The van der Waals surface area contributed by atoms with E-state index in [1.165, 1.54) is 12.8 Å². The van der Waals surface area contributed by atoms with Gasteiger partial charge in [0, 0.05) is 6.04 Å². The van der Waals surface area contributed by atoms with E-state index < -0.39 is 0 Å². The van der Waals surface area contributed by atoms with Gasteiger partial charge in [-0.05, 0) is 43.9 Å². The molecule has 1 saturated carbocycles. The van der Waals surface area contributed by atoms with Crippen LogP contribution in [0.15, 0.2) is 30.3 Å². The maximum atomic E-state index is 6.07. The Morgan fingerprint density at radius 3 is 2.35 bits per heavy atom. The lowest BCUT2D eigenvalue weighted by molar-refractivity contribution is 0.601. The van der Waals surface area contributed by atoms with E-state index in [0.717, 1.165) is 18.4 Å². The molecule has 5 nitrogen and oxygen atoms in total. The van der Waals surface area contributed by atoms with Crippen LogP contribution < -0.4 is 10.6 Å². The van der Waals surface area contributed by atoms with E-state index in [9.17, 15) is 0 Å². The molecule has 0 radical (unpaired) electrons. The second kappa shape index (κ2) is 6.71. The zero-order valence-corrected chi connectivity index (χ0v) is 14.3. The number of aromatic nitrogens is 3. The highest BCUT2D eigenvalue weighted by Crippen LogP contribution is 2.25. The summed E-state index contributed by atoms with van der Waals surface area (Å²) >= 11 is 6.07. The van der Waals surface area contributed by atoms with Gasteiger partial charge in [-0.3, -0.25) is 0 Å². The molecule has 1 aliphatic carbocycles. The van der Waals surface area contributed by atoms with E-state index in [1.807, 2.05) is 18.2 Å². The lowest BCUT2D eigenvalue weighted by Gasteiger charge is -2.27. The van der Waals surface area contributed by atoms with E-state index in [-0.39, 0.29) is 10.8 Å². The molecule has 1 fully saturated rings. The molecule has 1 heterocycles. The molecule has 0 bridgehead atoms. The van der Waals surface area contributed by atoms with Gasteiger partial charge in [0.1, 0.15) is 0 Å². The molecule has 23 heavy (non-hydrogen) atoms. The Balaban J connectivity index is 1.78. The van der Waals surface area contributed by atoms with Gasteiger partial charge < -0.3 is 10.6 Å². The van der Waals surface area contributed by atoms with Crippen LogP contribution in [0.4, 0.5) is 11.9 Å². The van der Waals surface area contributed by atoms with Crippen molar-refractivity contribution in [2.75, 3.05) is 10.6 Å². The molecule has 6 heteroatoms. The lowest BCUT2D eigenvalue weighted by Crippen LogP contribution is -2.29. The number of nitrogens with zero attached hydrogens (tertiary/aromatic N) is 3. The van der Waals surface area contributed by atoms with Gasteiger partial charge in [-0.2, -0.15) is 15.0 Å². The van der Waals surface area contributed by atoms with Gasteiger partial charge >= 0.3 is 0 Å². The minimum absolute atomic E-state index is 0.201. The Bertz CT molecular complexity index is 653. The highest BCUT2D eigenvalue weighted by molar-refractivity contribution is 6.28. The summed E-state index contributed by atoms with van der Waals surface area (Å²) in [4.78, 5) is 12.9. The number of anilines is 2. The van der Waals surface area contributed by atoms with Crippen LogP contribution in [0.1, 0.15) is 45.1 Å². The van der Waals surface area contributed by atoms with Crippen LogP contribution in [-0.2, 0) is 5.54 Å². The minimum Gasteiger partial charge on any atom is -0.351 e. The molecule has 0 saturated heterocycles. The maximum absolute atomic E-state index is 6.07. The van der Waals surface area contributed by atoms with Crippen LogP contribution in [0, 0.1) is 0 Å². The first kappa shape index (κ1) is 16.0. The van der Waals surface area contributed by atoms with Crippen LogP contribution in [0.25, 0.3) is 0 Å². The van der Waals surface area contributed by atoms with Crippen molar-refractivity contribution in [1.29, 1.82) is 0 Å². The molecule has 2 N–H and O–H groups in total. The molecule has 0 aliphatic heterocycles. The minimum atomic E-state index is -0.309. The Morgan fingerprint density at radius 2 is 1.65 bits per heavy atom. The number of rotatable bonds is 5. The highest BCUT2D eigenvalue weighted by atomic mass is 35.5. The van der Waals surface area contributed by atoms with Crippen molar-refractivity contribution < 1.29 is 0 Å². The average molecular weight is 332 g/mol. The first-order valence-corrected chi connectivity index (χ1v) is 8.42. The lowest BCUT2D eigenvalue weighted by atomic mass is 9.95. The highest BCUT2D eigenvalue weighted by Gasteiger charge is 2.22. The Labute approximate surface area is 141 Å². The van der Waals surface area contributed by atoms with Crippen molar-refractivity contribution in [1.82, 2.24) is 15.0 Å². The molecular weight excluding hydrogens is 310 g/mol. The van der Waals surface area contributed by atoms with Crippen LogP contribution in [0.5, 0.6) is 0 Å². The second-order valence-electron chi connectivity index (χ2n) is 6.49. The van der Waals surface area contributed by atoms with Gasteiger partial charge in [0.25, 0.3) is 0 Å². The molecule has 0 amide bonds. The molecule has 1 aliphatic rings. The number of hydrogen-bond acceptors (Lipinski definition) is 5. The number of benzene rings is 1. The largest absolute Gasteiger partial charge is 0.351 e. The summed E-state index contributed by atoms with van der Waals surface area (Å²) in [6, 6.07) is 10.6. The van der Waals surface area contributed by atoms with Crippen molar-refractivity contribution in [2.45, 2.75) is 51.1 Å². The summed E-state index contributed by atoms with van der Waals surface area (Å²) in [5.41, 5.74) is 0.846. The fourth-order valence-electron chi connectivity index (χ4n) is 2.93. The molecular formula is C17H22ClN5. The SMILES string of the molecule is CC(C)(Nc1nc(Cl)nc(NC2CCCC2)n1)c1ccccc1. The van der Waals surface area contributed by atoms with E-state index in [4.69, 9.17) is 11.6 Å². The van der Waals surface area contributed by atoms with Crippen LogP contribution in [0.3, 0.4) is 0 Å². The molecule has 1 aromatic carbocycles. The molecule has 0 unspecified atom stereocenters. The van der Waals surface area contributed by atoms with Crippen molar-refractivity contribution >= 4 is 23.5 Å². The van der Waals surface area contributed by atoms with Crippen LogP contribution >= 0.6 is 11.6 Å². The van der Waals surface area contributed by atoms with E-state index in [1.54, 1.807) is 0 Å². The normalized spacial score (nSPS) is 15.6. The summed E-state index contributed by atoms with van der Waals surface area (Å²) in [6.45, 7) is 4.17. The molecule has 0 spiro atoms. The summed E-state index contributed by atoms with van der Waals surface area (Å²) in [7, 11) is 0. The first-order valence-electron chi connectivity index (χ1n) is 8.05. The summed E-state index contributed by atoms with van der Waals surface area (Å²) < 4.78 is 0. The van der Waals surface area contributed by atoms with Gasteiger partial charge in [0.05, 0.1) is 5.54 Å². The molecule has 1 aromatic heterocycles. The van der Waals surface area contributed by atoms with Crippen molar-refractivity contribution in [3.8, 4) is 0 Å². The zero-order valence-electron chi connectivity index (χ0n) is 13.5.